The van der Waals surface area contributed by atoms with Crippen LogP contribution in [0.15, 0.2) is 12.5 Å². The van der Waals surface area contributed by atoms with Crippen molar-refractivity contribution in [2.75, 3.05) is 11.9 Å². The van der Waals surface area contributed by atoms with Gasteiger partial charge in [0.05, 0.1) is 11.6 Å². The molecule has 0 saturated carbocycles. The van der Waals surface area contributed by atoms with Crippen LogP contribution in [0.3, 0.4) is 0 Å². The molecule has 0 aliphatic carbocycles. The topological polar surface area (TPSA) is 66.5 Å². The fourth-order valence-corrected chi connectivity index (χ4v) is 1.39. The molecular formula is C10H16ClN5. The van der Waals surface area contributed by atoms with Gasteiger partial charge in [-0.2, -0.15) is 5.10 Å². The number of fused-ring (bicyclic) bond motifs is 1. The highest BCUT2D eigenvalue weighted by molar-refractivity contribution is 5.85. The second kappa shape index (κ2) is 5.65. The monoisotopic (exact) mass is 241 g/mol. The summed E-state index contributed by atoms with van der Waals surface area (Å²) in [4.78, 5) is 8.27. The van der Waals surface area contributed by atoms with Gasteiger partial charge < -0.3 is 5.32 Å². The van der Waals surface area contributed by atoms with E-state index in [-0.39, 0.29) is 12.4 Å². The minimum Gasteiger partial charge on any atom is -0.369 e. The van der Waals surface area contributed by atoms with E-state index in [1.165, 1.54) is 6.33 Å². The van der Waals surface area contributed by atoms with Crippen molar-refractivity contribution >= 4 is 29.3 Å². The molecular weight excluding hydrogens is 226 g/mol. The summed E-state index contributed by atoms with van der Waals surface area (Å²) < 4.78 is 0. The van der Waals surface area contributed by atoms with E-state index in [0.29, 0.717) is 5.92 Å². The second-order valence-corrected chi connectivity index (χ2v) is 3.96. The number of anilines is 1. The quantitative estimate of drug-likeness (QED) is 0.862. The molecule has 2 aromatic rings. The maximum absolute atomic E-state index is 4.19. The summed E-state index contributed by atoms with van der Waals surface area (Å²) in [5.41, 5.74) is 0.775. The minimum absolute atomic E-state index is 0. The Hall–Kier alpha value is -1.36. The van der Waals surface area contributed by atoms with E-state index in [1.54, 1.807) is 6.20 Å². The fraction of sp³-hybridized carbons (Fsp3) is 0.500. The molecule has 0 spiro atoms. The van der Waals surface area contributed by atoms with Crippen molar-refractivity contribution in [2.45, 2.75) is 20.3 Å². The summed E-state index contributed by atoms with van der Waals surface area (Å²) in [5, 5.41) is 11.0. The van der Waals surface area contributed by atoms with Crippen LogP contribution < -0.4 is 5.32 Å². The third-order valence-electron chi connectivity index (χ3n) is 2.26. The van der Waals surface area contributed by atoms with E-state index in [0.717, 1.165) is 29.8 Å². The Morgan fingerprint density at radius 2 is 2.19 bits per heavy atom. The first kappa shape index (κ1) is 12.7. The molecule has 2 aromatic heterocycles. The number of nitrogens with zero attached hydrogens (tertiary/aromatic N) is 3. The van der Waals surface area contributed by atoms with Crippen molar-refractivity contribution in [3.63, 3.8) is 0 Å². The smallest absolute Gasteiger partial charge is 0.160 e. The molecule has 0 amide bonds. The first-order valence-electron chi connectivity index (χ1n) is 5.15. The number of hydrogen-bond acceptors (Lipinski definition) is 4. The van der Waals surface area contributed by atoms with Crippen LogP contribution in [0.2, 0.25) is 0 Å². The zero-order valence-corrected chi connectivity index (χ0v) is 10.2. The van der Waals surface area contributed by atoms with Gasteiger partial charge in [0.15, 0.2) is 5.65 Å². The lowest BCUT2D eigenvalue weighted by Gasteiger charge is -2.07. The van der Waals surface area contributed by atoms with Crippen LogP contribution in [0, 0.1) is 5.92 Å². The van der Waals surface area contributed by atoms with E-state index in [2.05, 4.69) is 39.3 Å². The maximum Gasteiger partial charge on any atom is 0.160 e. The van der Waals surface area contributed by atoms with Gasteiger partial charge in [-0.15, -0.1) is 12.4 Å². The molecule has 6 heteroatoms. The molecule has 0 fully saturated rings. The van der Waals surface area contributed by atoms with Gasteiger partial charge in [-0.1, -0.05) is 13.8 Å². The summed E-state index contributed by atoms with van der Waals surface area (Å²) in [6.07, 6.45) is 4.41. The molecule has 0 saturated heterocycles. The fourth-order valence-electron chi connectivity index (χ4n) is 1.39. The van der Waals surface area contributed by atoms with E-state index >= 15 is 0 Å². The molecule has 16 heavy (non-hydrogen) atoms. The molecule has 0 aliphatic heterocycles. The van der Waals surface area contributed by atoms with Crippen LogP contribution in [0.5, 0.6) is 0 Å². The molecule has 88 valence electrons. The summed E-state index contributed by atoms with van der Waals surface area (Å²) in [6, 6.07) is 0. The predicted molar refractivity (Wildman–Crippen MR) is 66.9 cm³/mol. The summed E-state index contributed by atoms with van der Waals surface area (Å²) in [5.74, 6) is 1.55. The van der Waals surface area contributed by atoms with Crippen LogP contribution in [0.25, 0.3) is 11.0 Å². The lowest BCUT2D eigenvalue weighted by atomic mass is 10.1. The zero-order chi connectivity index (χ0) is 10.7. The van der Waals surface area contributed by atoms with Crippen molar-refractivity contribution in [3.05, 3.63) is 12.5 Å². The van der Waals surface area contributed by atoms with Gasteiger partial charge in [-0.05, 0) is 12.3 Å². The average molecular weight is 242 g/mol. The predicted octanol–water partition coefficient (Wildman–Crippen LogP) is 2.23. The molecule has 5 nitrogen and oxygen atoms in total. The molecule has 0 radical (unpaired) electrons. The van der Waals surface area contributed by atoms with Gasteiger partial charge in [-0.25, -0.2) is 9.97 Å². The number of aromatic nitrogens is 4. The number of H-pyrrole nitrogens is 1. The van der Waals surface area contributed by atoms with Crippen molar-refractivity contribution in [3.8, 4) is 0 Å². The highest BCUT2D eigenvalue weighted by Gasteiger charge is 2.04. The van der Waals surface area contributed by atoms with E-state index in [9.17, 15) is 0 Å². The molecule has 0 aromatic carbocycles. The minimum atomic E-state index is 0. The number of nitrogens with one attached hydrogen (secondary N) is 2. The van der Waals surface area contributed by atoms with Gasteiger partial charge in [0.2, 0.25) is 0 Å². The maximum atomic E-state index is 4.19. The van der Waals surface area contributed by atoms with Crippen LogP contribution in [0.4, 0.5) is 5.82 Å². The number of halogens is 1. The van der Waals surface area contributed by atoms with E-state index in [1.807, 2.05) is 0 Å². The third kappa shape index (κ3) is 2.82. The molecule has 0 aliphatic rings. The summed E-state index contributed by atoms with van der Waals surface area (Å²) in [6.45, 7) is 5.33. The molecule has 0 unspecified atom stereocenters. The van der Waals surface area contributed by atoms with Crippen molar-refractivity contribution in [2.24, 2.45) is 5.92 Å². The molecule has 2 heterocycles. The largest absolute Gasteiger partial charge is 0.369 e. The number of hydrogen-bond donors (Lipinski definition) is 2. The van der Waals surface area contributed by atoms with Gasteiger partial charge in [0.1, 0.15) is 12.1 Å². The van der Waals surface area contributed by atoms with Crippen LogP contribution in [0.1, 0.15) is 20.3 Å². The highest BCUT2D eigenvalue weighted by atomic mass is 35.5. The Morgan fingerprint density at radius 3 is 2.94 bits per heavy atom. The van der Waals surface area contributed by atoms with Crippen LogP contribution in [-0.2, 0) is 0 Å². The standard InChI is InChI=1S/C10H15N5.ClH/c1-7(2)3-4-11-9-8-5-14-15-10(8)13-6-12-9;/h5-7H,3-4H2,1-2H3,(H2,11,12,13,14,15);1H. The summed E-state index contributed by atoms with van der Waals surface area (Å²) >= 11 is 0. The molecule has 2 N–H and O–H groups in total. The lowest BCUT2D eigenvalue weighted by Crippen LogP contribution is -2.06. The Bertz CT molecular complexity index is 439. The van der Waals surface area contributed by atoms with E-state index in [4.69, 9.17) is 0 Å². The van der Waals surface area contributed by atoms with Crippen molar-refractivity contribution in [1.29, 1.82) is 0 Å². The van der Waals surface area contributed by atoms with Crippen molar-refractivity contribution < 1.29 is 0 Å². The Balaban J connectivity index is 0.00000128. The molecule has 0 bridgehead atoms. The molecule has 0 atom stereocenters. The van der Waals surface area contributed by atoms with Gasteiger partial charge in [-0.3, -0.25) is 5.10 Å². The first-order chi connectivity index (χ1) is 7.27. The number of aromatic amines is 1. The van der Waals surface area contributed by atoms with Gasteiger partial charge in [0.25, 0.3) is 0 Å². The van der Waals surface area contributed by atoms with Gasteiger partial charge >= 0.3 is 0 Å². The Morgan fingerprint density at radius 1 is 1.38 bits per heavy atom. The summed E-state index contributed by atoms with van der Waals surface area (Å²) in [7, 11) is 0. The second-order valence-electron chi connectivity index (χ2n) is 3.96. The average Bonchev–Trinajstić information content (AvgIpc) is 2.65. The first-order valence-corrected chi connectivity index (χ1v) is 5.15. The SMILES string of the molecule is CC(C)CCNc1ncnc2[nH]ncc12.Cl. The van der Waals surface area contributed by atoms with Crippen LogP contribution >= 0.6 is 12.4 Å². The zero-order valence-electron chi connectivity index (χ0n) is 9.40. The van der Waals surface area contributed by atoms with Crippen molar-refractivity contribution in [1.82, 2.24) is 20.2 Å². The van der Waals surface area contributed by atoms with Gasteiger partial charge in [0, 0.05) is 6.54 Å². The van der Waals surface area contributed by atoms with Crippen LogP contribution in [-0.4, -0.2) is 26.7 Å². The Labute approximate surface area is 100 Å². The normalized spacial score (nSPS) is 10.4. The number of rotatable bonds is 4. The third-order valence-corrected chi connectivity index (χ3v) is 2.26. The molecule has 2 rings (SSSR count). The van der Waals surface area contributed by atoms with E-state index < -0.39 is 0 Å². The Kier molecular flexibility index (Phi) is 4.49. The highest BCUT2D eigenvalue weighted by Crippen LogP contribution is 2.16. The lowest BCUT2D eigenvalue weighted by molar-refractivity contribution is 0.607.